The van der Waals surface area contributed by atoms with Gasteiger partial charge in [-0.05, 0) is 26.3 Å². The molecule has 22 heavy (non-hydrogen) atoms. The van der Waals surface area contributed by atoms with Crippen molar-refractivity contribution in [1.29, 1.82) is 0 Å². The molecule has 0 aromatic heterocycles. The molecule has 0 saturated heterocycles. The summed E-state index contributed by atoms with van der Waals surface area (Å²) in [6.45, 7) is 5.57. The van der Waals surface area contributed by atoms with Gasteiger partial charge in [0.2, 0.25) is 5.91 Å². The van der Waals surface area contributed by atoms with Crippen LogP contribution in [-0.2, 0) is 4.79 Å². The number of amides is 3. The molecule has 8 nitrogen and oxygen atoms in total. The SMILES string of the molecule is CCCNC(=O)[C@H](C)NC(=O)Nc1cccc([N+](=O)[O-])c1C. The highest BCUT2D eigenvalue weighted by atomic mass is 16.6. The van der Waals surface area contributed by atoms with E-state index in [1.807, 2.05) is 6.92 Å². The number of hydrogen-bond donors (Lipinski definition) is 3. The van der Waals surface area contributed by atoms with Gasteiger partial charge in [0.15, 0.2) is 0 Å². The zero-order chi connectivity index (χ0) is 16.7. The maximum atomic E-state index is 11.9. The van der Waals surface area contributed by atoms with Crippen LogP contribution in [0.3, 0.4) is 0 Å². The van der Waals surface area contributed by atoms with Crippen molar-refractivity contribution in [2.45, 2.75) is 33.2 Å². The molecular formula is C14H20N4O4. The highest BCUT2D eigenvalue weighted by Gasteiger charge is 2.17. The third-order valence-corrected chi connectivity index (χ3v) is 3.04. The van der Waals surface area contributed by atoms with Crippen LogP contribution in [0.4, 0.5) is 16.2 Å². The topological polar surface area (TPSA) is 113 Å². The summed E-state index contributed by atoms with van der Waals surface area (Å²) in [7, 11) is 0. The Morgan fingerprint density at radius 2 is 2.05 bits per heavy atom. The summed E-state index contributed by atoms with van der Waals surface area (Å²) in [5.74, 6) is -0.284. The summed E-state index contributed by atoms with van der Waals surface area (Å²) in [5, 5.41) is 18.5. The number of nitrogens with zero attached hydrogens (tertiary/aromatic N) is 1. The van der Waals surface area contributed by atoms with Gasteiger partial charge in [0, 0.05) is 12.6 Å². The van der Waals surface area contributed by atoms with Crippen LogP contribution in [0.1, 0.15) is 25.8 Å². The van der Waals surface area contributed by atoms with Crippen LogP contribution in [0.5, 0.6) is 0 Å². The number of carbonyl (C=O) groups excluding carboxylic acids is 2. The summed E-state index contributed by atoms with van der Waals surface area (Å²) in [5.41, 5.74) is 0.602. The van der Waals surface area contributed by atoms with Crippen LogP contribution in [0.25, 0.3) is 0 Å². The monoisotopic (exact) mass is 308 g/mol. The molecule has 0 fully saturated rings. The van der Waals surface area contributed by atoms with Crippen molar-refractivity contribution in [3.8, 4) is 0 Å². The van der Waals surface area contributed by atoms with Crippen molar-refractivity contribution in [2.24, 2.45) is 0 Å². The average molecular weight is 308 g/mol. The van der Waals surface area contributed by atoms with E-state index in [0.29, 0.717) is 17.8 Å². The molecule has 8 heteroatoms. The van der Waals surface area contributed by atoms with Crippen LogP contribution in [-0.4, -0.2) is 29.4 Å². The van der Waals surface area contributed by atoms with Crippen LogP contribution >= 0.6 is 0 Å². The highest BCUT2D eigenvalue weighted by Crippen LogP contribution is 2.24. The van der Waals surface area contributed by atoms with E-state index in [1.54, 1.807) is 19.9 Å². The Kier molecular flexibility index (Phi) is 6.30. The van der Waals surface area contributed by atoms with Crippen LogP contribution in [0.15, 0.2) is 18.2 Å². The molecule has 0 spiro atoms. The Bertz CT molecular complexity index is 574. The van der Waals surface area contributed by atoms with E-state index in [-0.39, 0.29) is 11.6 Å². The van der Waals surface area contributed by atoms with Crippen molar-refractivity contribution in [3.05, 3.63) is 33.9 Å². The summed E-state index contributed by atoms with van der Waals surface area (Å²) in [4.78, 5) is 33.9. The molecule has 0 radical (unpaired) electrons. The van der Waals surface area contributed by atoms with Gasteiger partial charge in [-0.1, -0.05) is 13.0 Å². The normalized spacial score (nSPS) is 11.4. The van der Waals surface area contributed by atoms with E-state index in [0.717, 1.165) is 6.42 Å². The van der Waals surface area contributed by atoms with E-state index >= 15 is 0 Å². The molecule has 0 aliphatic heterocycles. The zero-order valence-corrected chi connectivity index (χ0v) is 12.8. The number of carbonyl (C=O) groups is 2. The predicted molar refractivity (Wildman–Crippen MR) is 82.8 cm³/mol. The number of anilines is 1. The van der Waals surface area contributed by atoms with Gasteiger partial charge in [-0.2, -0.15) is 0 Å². The minimum absolute atomic E-state index is 0.0773. The van der Waals surface area contributed by atoms with E-state index in [2.05, 4.69) is 16.0 Å². The van der Waals surface area contributed by atoms with Gasteiger partial charge in [-0.15, -0.1) is 0 Å². The minimum atomic E-state index is -0.703. The molecule has 0 bridgehead atoms. The Hall–Kier alpha value is -2.64. The molecule has 0 saturated carbocycles. The maximum absolute atomic E-state index is 11.9. The Labute approximate surface area is 128 Å². The summed E-state index contributed by atoms with van der Waals surface area (Å²) < 4.78 is 0. The first-order chi connectivity index (χ1) is 10.4. The molecule has 0 aliphatic rings. The second-order valence-electron chi connectivity index (χ2n) is 4.82. The Balaban J connectivity index is 2.68. The molecule has 0 heterocycles. The van der Waals surface area contributed by atoms with E-state index in [9.17, 15) is 19.7 Å². The molecule has 0 aliphatic carbocycles. The highest BCUT2D eigenvalue weighted by molar-refractivity contribution is 5.94. The first-order valence-corrected chi connectivity index (χ1v) is 6.96. The number of nitro benzene ring substituents is 1. The fraction of sp³-hybridized carbons (Fsp3) is 0.429. The van der Waals surface area contributed by atoms with Crippen molar-refractivity contribution in [1.82, 2.24) is 10.6 Å². The molecule has 120 valence electrons. The molecule has 1 atom stereocenters. The van der Waals surface area contributed by atoms with Crippen molar-refractivity contribution in [3.63, 3.8) is 0 Å². The molecular weight excluding hydrogens is 288 g/mol. The first-order valence-electron chi connectivity index (χ1n) is 6.96. The fourth-order valence-electron chi connectivity index (χ4n) is 1.78. The molecule has 0 unspecified atom stereocenters. The number of urea groups is 1. The lowest BCUT2D eigenvalue weighted by molar-refractivity contribution is -0.385. The van der Waals surface area contributed by atoms with Crippen LogP contribution in [0.2, 0.25) is 0 Å². The molecule has 3 N–H and O–H groups in total. The molecule has 3 amide bonds. The van der Waals surface area contributed by atoms with Gasteiger partial charge in [0.05, 0.1) is 16.2 Å². The fourth-order valence-corrected chi connectivity index (χ4v) is 1.78. The quantitative estimate of drug-likeness (QED) is 0.550. The lowest BCUT2D eigenvalue weighted by Gasteiger charge is -2.15. The zero-order valence-electron chi connectivity index (χ0n) is 12.8. The standard InChI is InChI=1S/C14H20N4O4/c1-4-8-15-13(19)10(3)16-14(20)17-11-6-5-7-12(9(11)2)18(21)22/h5-7,10H,4,8H2,1-3H3,(H,15,19)(H2,16,17,20)/t10-/m0/s1. The molecule has 1 aromatic rings. The maximum Gasteiger partial charge on any atom is 0.319 e. The number of nitro groups is 1. The van der Waals surface area contributed by atoms with E-state index < -0.39 is 17.0 Å². The molecule has 1 aromatic carbocycles. The van der Waals surface area contributed by atoms with Gasteiger partial charge >= 0.3 is 6.03 Å². The lowest BCUT2D eigenvalue weighted by atomic mass is 10.1. The second kappa shape index (κ2) is 7.96. The number of hydrogen-bond acceptors (Lipinski definition) is 4. The van der Waals surface area contributed by atoms with Gasteiger partial charge in [-0.3, -0.25) is 14.9 Å². The number of nitrogens with one attached hydrogen (secondary N) is 3. The first kappa shape index (κ1) is 17.4. The van der Waals surface area contributed by atoms with Crippen molar-refractivity contribution in [2.75, 3.05) is 11.9 Å². The number of benzene rings is 1. The van der Waals surface area contributed by atoms with Gasteiger partial charge < -0.3 is 16.0 Å². The number of rotatable bonds is 6. The Morgan fingerprint density at radius 1 is 1.36 bits per heavy atom. The minimum Gasteiger partial charge on any atom is -0.354 e. The smallest absolute Gasteiger partial charge is 0.319 e. The largest absolute Gasteiger partial charge is 0.354 e. The Morgan fingerprint density at radius 3 is 2.64 bits per heavy atom. The molecule has 1 rings (SSSR count). The summed E-state index contributed by atoms with van der Waals surface area (Å²) >= 11 is 0. The lowest BCUT2D eigenvalue weighted by Crippen LogP contribution is -2.46. The average Bonchev–Trinajstić information content (AvgIpc) is 2.46. The van der Waals surface area contributed by atoms with Crippen molar-refractivity contribution < 1.29 is 14.5 Å². The van der Waals surface area contributed by atoms with E-state index in [1.165, 1.54) is 12.1 Å². The summed E-state index contributed by atoms with van der Waals surface area (Å²) in [6.07, 6.45) is 0.803. The van der Waals surface area contributed by atoms with Gasteiger partial charge in [0.25, 0.3) is 5.69 Å². The predicted octanol–water partition coefficient (Wildman–Crippen LogP) is 1.94. The van der Waals surface area contributed by atoms with Gasteiger partial charge in [-0.25, -0.2) is 4.79 Å². The third-order valence-electron chi connectivity index (χ3n) is 3.04. The van der Waals surface area contributed by atoms with Crippen LogP contribution in [0, 0.1) is 17.0 Å². The van der Waals surface area contributed by atoms with Crippen molar-refractivity contribution >= 4 is 23.3 Å². The summed E-state index contributed by atoms with van der Waals surface area (Å²) in [6, 6.07) is 3.11. The second-order valence-corrected chi connectivity index (χ2v) is 4.82. The van der Waals surface area contributed by atoms with Gasteiger partial charge in [0.1, 0.15) is 6.04 Å². The third kappa shape index (κ3) is 4.72. The van der Waals surface area contributed by atoms with E-state index in [4.69, 9.17) is 0 Å². The van der Waals surface area contributed by atoms with Crippen LogP contribution < -0.4 is 16.0 Å².